The van der Waals surface area contributed by atoms with E-state index in [1.54, 1.807) is 11.3 Å². The topological polar surface area (TPSA) is 78.4 Å². The lowest BCUT2D eigenvalue weighted by atomic mass is 10.2. The van der Waals surface area contributed by atoms with Gasteiger partial charge in [0.15, 0.2) is 5.96 Å². The second kappa shape index (κ2) is 10.2. The van der Waals surface area contributed by atoms with E-state index in [9.17, 15) is 4.79 Å². The summed E-state index contributed by atoms with van der Waals surface area (Å²) in [5, 5.41) is 12.3. The molecule has 1 heterocycles. The number of aliphatic imine (C=N–C) groups is 1. The first-order valence-electron chi connectivity index (χ1n) is 7.80. The van der Waals surface area contributed by atoms with Gasteiger partial charge >= 0.3 is 0 Å². The minimum Gasteiger partial charge on any atom is -0.357 e. The summed E-state index contributed by atoms with van der Waals surface area (Å²) in [6, 6.07) is 0. The van der Waals surface area contributed by atoms with Gasteiger partial charge in [0, 0.05) is 18.5 Å². The first kappa shape index (κ1) is 18.4. The van der Waals surface area contributed by atoms with Gasteiger partial charge in [-0.25, -0.2) is 9.98 Å². The zero-order valence-electron chi connectivity index (χ0n) is 13.9. The fourth-order valence-corrected chi connectivity index (χ4v) is 2.54. The molecule has 0 bridgehead atoms. The Bertz CT molecular complexity index is 484. The van der Waals surface area contributed by atoms with Crippen LogP contribution >= 0.6 is 11.3 Å². The van der Waals surface area contributed by atoms with Gasteiger partial charge in [-0.1, -0.05) is 20.8 Å². The van der Waals surface area contributed by atoms with E-state index in [0.29, 0.717) is 25.0 Å². The van der Waals surface area contributed by atoms with Crippen LogP contribution in [-0.2, 0) is 11.3 Å². The van der Waals surface area contributed by atoms with Crippen LogP contribution in [0.3, 0.4) is 0 Å². The molecule has 7 heteroatoms. The number of carbonyl (C=O) groups excluding carboxylic acids is 1. The summed E-state index contributed by atoms with van der Waals surface area (Å²) in [6.45, 7) is 10.5. The second-order valence-electron chi connectivity index (χ2n) is 5.22. The Hall–Kier alpha value is -1.63. The monoisotopic (exact) mass is 325 g/mol. The third-order valence-corrected chi connectivity index (χ3v) is 3.73. The molecule has 6 nitrogen and oxygen atoms in total. The molecule has 0 spiro atoms. The van der Waals surface area contributed by atoms with E-state index in [1.165, 1.54) is 0 Å². The lowest BCUT2D eigenvalue weighted by Gasteiger charge is -2.10. The van der Waals surface area contributed by atoms with Crippen molar-refractivity contribution in [3.8, 4) is 0 Å². The first-order chi connectivity index (χ1) is 10.6. The Balaban J connectivity index is 2.50. The number of amides is 1. The molecule has 1 amide bonds. The number of aromatic nitrogens is 1. The average Bonchev–Trinajstić information content (AvgIpc) is 2.97. The lowest BCUT2D eigenvalue weighted by Crippen LogP contribution is -2.38. The van der Waals surface area contributed by atoms with E-state index in [4.69, 9.17) is 0 Å². The summed E-state index contributed by atoms with van der Waals surface area (Å²) in [7, 11) is 0. The molecule has 0 fully saturated rings. The number of rotatable bonds is 8. The van der Waals surface area contributed by atoms with Gasteiger partial charge in [0.2, 0.25) is 5.91 Å². The maximum absolute atomic E-state index is 11.6. The fraction of sp³-hybridized carbons (Fsp3) is 0.667. The normalized spacial score (nSPS) is 11.6. The summed E-state index contributed by atoms with van der Waals surface area (Å²) in [4.78, 5) is 20.4. The maximum Gasteiger partial charge on any atom is 0.241 e. The first-order valence-corrected chi connectivity index (χ1v) is 8.67. The summed E-state index contributed by atoms with van der Waals surface area (Å²) in [5.74, 6) is 1.01. The van der Waals surface area contributed by atoms with Gasteiger partial charge in [-0.15, -0.1) is 11.3 Å². The number of guanidine groups is 1. The highest BCUT2D eigenvalue weighted by Crippen LogP contribution is 2.17. The predicted molar refractivity (Wildman–Crippen MR) is 92.3 cm³/mol. The van der Waals surface area contributed by atoms with E-state index in [-0.39, 0.29) is 12.5 Å². The minimum atomic E-state index is -0.0598. The van der Waals surface area contributed by atoms with Crippen molar-refractivity contribution in [1.82, 2.24) is 20.9 Å². The number of hydrogen-bond donors (Lipinski definition) is 3. The summed E-state index contributed by atoms with van der Waals surface area (Å²) in [5.41, 5.74) is 1.11. The number of hydrogen-bond acceptors (Lipinski definition) is 4. The maximum atomic E-state index is 11.6. The van der Waals surface area contributed by atoms with Crippen LogP contribution in [0.1, 0.15) is 50.7 Å². The van der Waals surface area contributed by atoms with Crippen molar-refractivity contribution in [3.05, 3.63) is 16.1 Å². The third-order valence-electron chi connectivity index (χ3n) is 2.87. The Labute approximate surface area is 136 Å². The fourth-order valence-electron chi connectivity index (χ4n) is 1.64. The number of carbonyl (C=O) groups is 1. The number of nitrogens with one attached hydrogen (secondary N) is 3. The molecule has 3 N–H and O–H groups in total. The van der Waals surface area contributed by atoms with Crippen molar-refractivity contribution in [2.75, 3.05) is 19.6 Å². The van der Waals surface area contributed by atoms with Gasteiger partial charge in [0.05, 0.1) is 12.2 Å². The molecule has 0 aromatic carbocycles. The molecule has 1 aromatic heterocycles. The summed E-state index contributed by atoms with van der Waals surface area (Å²) in [6.07, 6.45) is 0.927. The zero-order chi connectivity index (χ0) is 16.4. The highest BCUT2D eigenvalue weighted by Gasteiger charge is 2.07. The number of nitrogens with zero attached hydrogens (tertiary/aromatic N) is 2. The van der Waals surface area contributed by atoms with E-state index in [1.807, 2.05) is 13.8 Å². The van der Waals surface area contributed by atoms with Crippen LogP contribution in [-0.4, -0.2) is 36.5 Å². The van der Waals surface area contributed by atoms with Crippen molar-refractivity contribution < 1.29 is 4.79 Å². The molecule has 0 unspecified atom stereocenters. The van der Waals surface area contributed by atoms with Crippen molar-refractivity contribution in [3.63, 3.8) is 0 Å². The molecule has 0 aliphatic heterocycles. The highest BCUT2D eigenvalue weighted by molar-refractivity contribution is 7.09. The molecule has 0 saturated heterocycles. The van der Waals surface area contributed by atoms with E-state index >= 15 is 0 Å². The largest absolute Gasteiger partial charge is 0.357 e. The van der Waals surface area contributed by atoms with Crippen LogP contribution in [0.25, 0.3) is 0 Å². The minimum absolute atomic E-state index is 0.0598. The van der Waals surface area contributed by atoms with Crippen molar-refractivity contribution in [1.29, 1.82) is 0 Å². The Morgan fingerprint density at radius 2 is 2.09 bits per heavy atom. The van der Waals surface area contributed by atoms with Crippen molar-refractivity contribution in [2.45, 2.75) is 46.6 Å². The summed E-state index contributed by atoms with van der Waals surface area (Å²) < 4.78 is 0. The smallest absolute Gasteiger partial charge is 0.241 e. The van der Waals surface area contributed by atoms with Gasteiger partial charge < -0.3 is 16.0 Å². The third kappa shape index (κ3) is 6.89. The molecule has 0 aliphatic rings. The molecule has 0 radical (unpaired) electrons. The van der Waals surface area contributed by atoms with E-state index < -0.39 is 0 Å². The van der Waals surface area contributed by atoms with Crippen LogP contribution in [0.5, 0.6) is 0 Å². The molecule has 0 aliphatic carbocycles. The summed E-state index contributed by atoms with van der Waals surface area (Å²) >= 11 is 1.64. The van der Waals surface area contributed by atoms with Crippen LogP contribution in [0.2, 0.25) is 0 Å². The van der Waals surface area contributed by atoms with Crippen LogP contribution in [0, 0.1) is 0 Å². The molecule has 22 heavy (non-hydrogen) atoms. The number of thiazole rings is 1. The molecule has 1 rings (SSSR count). The van der Waals surface area contributed by atoms with E-state index in [2.05, 4.69) is 45.2 Å². The van der Waals surface area contributed by atoms with Gasteiger partial charge in [0.1, 0.15) is 11.6 Å². The van der Waals surface area contributed by atoms with Gasteiger partial charge in [-0.05, 0) is 19.3 Å². The average molecular weight is 325 g/mol. The molecular formula is C15H27N5OS. The highest BCUT2D eigenvalue weighted by atomic mass is 32.1. The van der Waals surface area contributed by atoms with Crippen molar-refractivity contribution in [2.24, 2.45) is 4.99 Å². The van der Waals surface area contributed by atoms with Gasteiger partial charge in [0.25, 0.3) is 0 Å². The Morgan fingerprint density at radius 1 is 1.32 bits per heavy atom. The van der Waals surface area contributed by atoms with Crippen LogP contribution in [0.15, 0.2) is 10.4 Å². The molecule has 124 valence electrons. The Morgan fingerprint density at radius 3 is 2.68 bits per heavy atom. The molecule has 1 aromatic rings. The quantitative estimate of drug-likeness (QED) is 0.503. The predicted octanol–water partition coefficient (Wildman–Crippen LogP) is 1.85. The standard InChI is InChI=1S/C15H27N5OS/c1-5-7-17-13(21)8-18-15(16-6-2)19-9-14-20-12(10-22-14)11(3)4/h10-11H,5-9H2,1-4H3,(H,17,21)(H2,16,18,19). The molecular weight excluding hydrogens is 298 g/mol. The Kier molecular flexibility index (Phi) is 8.50. The molecule has 0 atom stereocenters. The van der Waals surface area contributed by atoms with E-state index in [0.717, 1.165) is 23.7 Å². The zero-order valence-corrected chi connectivity index (χ0v) is 14.7. The SMILES string of the molecule is CCCNC(=O)CN=C(NCC)NCc1nc(C(C)C)cs1. The van der Waals surface area contributed by atoms with Gasteiger partial charge in [-0.3, -0.25) is 4.79 Å². The van der Waals surface area contributed by atoms with Crippen LogP contribution in [0.4, 0.5) is 0 Å². The lowest BCUT2D eigenvalue weighted by molar-refractivity contribution is -0.119. The second-order valence-corrected chi connectivity index (χ2v) is 6.16. The van der Waals surface area contributed by atoms with Gasteiger partial charge in [-0.2, -0.15) is 0 Å². The molecule has 0 saturated carbocycles. The van der Waals surface area contributed by atoms with Crippen LogP contribution < -0.4 is 16.0 Å². The van der Waals surface area contributed by atoms with Crippen molar-refractivity contribution >= 4 is 23.2 Å².